The van der Waals surface area contributed by atoms with Crippen LogP contribution in [0.4, 0.5) is 0 Å². The van der Waals surface area contributed by atoms with E-state index in [1.807, 2.05) is 49.1 Å². The molecule has 0 saturated heterocycles. The molecule has 1 aliphatic rings. The van der Waals surface area contributed by atoms with Crippen molar-refractivity contribution in [2.24, 2.45) is 5.92 Å². The van der Waals surface area contributed by atoms with E-state index in [2.05, 4.69) is 16.8 Å². The summed E-state index contributed by atoms with van der Waals surface area (Å²) in [6.45, 7) is 5.44. The number of hydrogen-bond donors (Lipinski definition) is 0. The van der Waals surface area contributed by atoms with Gasteiger partial charge in [-0.3, -0.25) is 4.79 Å². The summed E-state index contributed by atoms with van der Waals surface area (Å²) in [5, 5.41) is 0.707. The molecule has 110 valence electrons. The molecule has 0 spiro atoms. The van der Waals surface area contributed by atoms with Gasteiger partial charge in [0.25, 0.3) is 0 Å². The zero-order valence-electron chi connectivity index (χ0n) is 12.3. The lowest BCUT2D eigenvalue weighted by atomic mass is 9.98. The highest BCUT2D eigenvalue weighted by Crippen LogP contribution is 2.36. The summed E-state index contributed by atoms with van der Waals surface area (Å²) < 4.78 is 2.21. The van der Waals surface area contributed by atoms with E-state index in [4.69, 9.17) is 11.6 Å². The molecule has 2 heterocycles. The molecular formula is C17H19ClN2O. The Morgan fingerprint density at radius 1 is 1.19 bits per heavy atom. The maximum Gasteiger partial charge on any atom is 0.226 e. The molecule has 3 nitrogen and oxygen atoms in total. The minimum absolute atomic E-state index is 0.0171. The molecule has 1 amide bonds. The third-order valence-electron chi connectivity index (χ3n) is 4.02. The van der Waals surface area contributed by atoms with Crippen LogP contribution in [0.3, 0.4) is 0 Å². The summed E-state index contributed by atoms with van der Waals surface area (Å²) >= 11 is 6.39. The lowest BCUT2D eigenvalue weighted by molar-refractivity contribution is -0.137. The van der Waals surface area contributed by atoms with Crippen LogP contribution in [0.5, 0.6) is 0 Å². The van der Waals surface area contributed by atoms with Crippen LogP contribution >= 0.6 is 11.6 Å². The normalized spacial score (nSPS) is 17.9. The summed E-state index contributed by atoms with van der Waals surface area (Å²) in [4.78, 5) is 14.6. The van der Waals surface area contributed by atoms with Crippen LogP contribution in [0, 0.1) is 5.92 Å². The number of hydrogen-bond acceptors (Lipinski definition) is 1. The molecule has 4 heteroatoms. The molecular weight excluding hydrogens is 284 g/mol. The number of carbonyl (C=O) groups is 1. The first kappa shape index (κ1) is 14.2. The monoisotopic (exact) mass is 302 g/mol. The minimum Gasteiger partial charge on any atom is -0.348 e. The number of nitrogens with zero attached hydrogens (tertiary/aromatic N) is 2. The molecule has 0 radical (unpaired) electrons. The highest BCUT2D eigenvalue weighted by atomic mass is 35.5. The van der Waals surface area contributed by atoms with Crippen LogP contribution in [0.2, 0.25) is 5.02 Å². The largest absolute Gasteiger partial charge is 0.348 e. The second-order valence-electron chi connectivity index (χ2n) is 5.74. The van der Waals surface area contributed by atoms with E-state index in [0.29, 0.717) is 11.6 Å². The standard InChI is InChI=1S/C17H19ClN2O/c1-12(2)17(21)20-11-10-19-9-5-8-15(19)16(20)13-6-3-4-7-14(13)18/h3-9,12,16H,10-11H2,1-2H3. The molecule has 0 saturated carbocycles. The number of benzene rings is 1. The first-order valence-electron chi connectivity index (χ1n) is 7.29. The minimum atomic E-state index is -0.0997. The Morgan fingerprint density at radius 2 is 1.95 bits per heavy atom. The summed E-state index contributed by atoms with van der Waals surface area (Å²) in [6.07, 6.45) is 2.07. The van der Waals surface area contributed by atoms with Gasteiger partial charge in [0.05, 0.1) is 6.04 Å². The molecule has 1 aromatic carbocycles. The van der Waals surface area contributed by atoms with Crippen molar-refractivity contribution < 1.29 is 4.79 Å². The third kappa shape index (κ3) is 2.46. The highest BCUT2D eigenvalue weighted by molar-refractivity contribution is 6.31. The maximum absolute atomic E-state index is 12.6. The van der Waals surface area contributed by atoms with E-state index in [-0.39, 0.29) is 17.9 Å². The summed E-state index contributed by atoms with van der Waals surface area (Å²) in [5.74, 6) is 0.156. The molecule has 21 heavy (non-hydrogen) atoms. The molecule has 0 fully saturated rings. The van der Waals surface area contributed by atoms with E-state index in [1.165, 1.54) is 0 Å². The number of aromatic nitrogens is 1. The molecule has 1 aromatic heterocycles. The van der Waals surface area contributed by atoms with E-state index in [1.54, 1.807) is 0 Å². The van der Waals surface area contributed by atoms with Gasteiger partial charge >= 0.3 is 0 Å². The van der Waals surface area contributed by atoms with Crippen LogP contribution < -0.4 is 0 Å². The van der Waals surface area contributed by atoms with Crippen LogP contribution in [-0.2, 0) is 11.3 Å². The number of amides is 1. The zero-order valence-corrected chi connectivity index (χ0v) is 13.0. The SMILES string of the molecule is CC(C)C(=O)N1CCn2cccc2C1c1ccccc1Cl. The second kappa shape index (κ2) is 5.57. The summed E-state index contributed by atoms with van der Waals surface area (Å²) in [6, 6.07) is 11.8. The molecule has 2 aromatic rings. The first-order valence-corrected chi connectivity index (χ1v) is 7.67. The van der Waals surface area contributed by atoms with Gasteiger partial charge in [-0.05, 0) is 23.8 Å². The van der Waals surface area contributed by atoms with Gasteiger partial charge in [0.2, 0.25) is 5.91 Å². The second-order valence-corrected chi connectivity index (χ2v) is 6.14. The Kier molecular flexibility index (Phi) is 3.77. The van der Waals surface area contributed by atoms with E-state index < -0.39 is 0 Å². The van der Waals surface area contributed by atoms with Crippen LogP contribution in [-0.4, -0.2) is 21.9 Å². The van der Waals surface area contributed by atoms with Crippen molar-refractivity contribution in [3.63, 3.8) is 0 Å². The van der Waals surface area contributed by atoms with Crippen molar-refractivity contribution in [2.45, 2.75) is 26.4 Å². The fourth-order valence-electron chi connectivity index (χ4n) is 2.98. The lowest BCUT2D eigenvalue weighted by Crippen LogP contribution is -2.44. The average Bonchev–Trinajstić information content (AvgIpc) is 2.94. The van der Waals surface area contributed by atoms with Crippen molar-refractivity contribution in [1.29, 1.82) is 0 Å². The van der Waals surface area contributed by atoms with Gasteiger partial charge in [-0.1, -0.05) is 43.6 Å². The highest BCUT2D eigenvalue weighted by Gasteiger charge is 2.33. The molecule has 1 aliphatic heterocycles. The Bertz CT molecular complexity index is 662. The number of halogens is 1. The van der Waals surface area contributed by atoms with Crippen LogP contribution in [0.15, 0.2) is 42.6 Å². The molecule has 1 unspecified atom stereocenters. The van der Waals surface area contributed by atoms with Crippen molar-refractivity contribution in [3.05, 3.63) is 58.9 Å². The van der Waals surface area contributed by atoms with Gasteiger partial charge in [-0.15, -0.1) is 0 Å². The van der Waals surface area contributed by atoms with Gasteiger partial charge < -0.3 is 9.47 Å². The predicted octanol–water partition coefficient (Wildman–Crippen LogP) is 3.73. The van der Waals surface area contributed by atoms with E-state index in [0.717, 1.165) is 17.8 Å². The predicted molar refractivity (Wildman–Crippen MR) is 84.3 cm³/mol. The smallest absolute Gasteiger partial charge is 0.226 e. The quantitative estimate of drug-likeness (QED) is 0.830. The molecule has 0 bridgehead atoms. The number of carbonyl (C=O) groups excluding carboxylic acids is 1. The topological polar surface area (TPSA) is 25.2 Å². The van der Waals surface area contributed by atoms with Gasteiger partial charge in [0, 0.05) is 35.9 Å². The van der Waals surface area contributed by atoms with Crippen molar-refractivity contribution in [3.8, 4) is 0 Å². The average molecular weight is 303 g/mol. The van der Waals surface area contributed by atoms with Crippen molar-refractivity contribution >= 4 is 17.5 Å². The third-order valence-corrected chi connectivity index (χ3v) is 4.36. The summed E-state index contributed by atoms with van der Waals surface area (Å²) in [7, 11) is 0. The Morgan fingerprint density at radius 3 is 2.67 bits per heavy atom. The Labute approximate surface area is 130 Å². The number of rotatable bonds is 2. The Hall–Kier alpha value is -1.74. The van der Waals surface area contributed by atoms with Gasteiger partial charge in [-0.2, -0.15) is 0 Å². The summed E-state index contributed by atoms with van der Waals surface area (Å²) in [5.41, 5.74) is 2.12. The van der Waals surface area contributed by atoms with Gasteiger partial charge in [-0.25, -0.2) is 0 Å². The van der Waals surface area contributed by atoms with Crippen molar-refractivity contribution in [2.75, 3.05) is 6.54 Å². The van der Waals surface area contributed by atoms with Gasteiger partial charge in [0.1, 0.15) is 0 Å². The van der Waals surface area contributed by atoms with Gasteiger partial charge in [0.15, 0.2) is 0 Å². The molecule has 3 rings (SSSR count). The van der Waals surface area contributed by atoms with Crippen LogP contribution in [0.25, 0.3) is 0 Å². The fraction of sp³-hybridized carbons (Fsp3) is 0.353. The fourth-order valence-corrected chi connectivity index (χ4v) is 3.22. The molecule has 0 aliphatic carbocycles. The number of fused-ring (bicyclic) bond motifs is 1. The van der Waals surface area contributed by atoms with E-state index >= 15 is 0 Å². The Balaban J connectivity index is 2.11. The maximum atomic E-state index is 12.6. The van der Waals surface area contributed by atoms with Crippen molar-refractivity contribution in [1.82, 2.24) is 9.47 Å². The van der Waals surface area contributed by atoms with E-state index in [9.17, 15) is 4.79 Å². The van der Waals surface area contributed by atoms with Crippen LogP contribution in [0.1, 0.15) is 31.1 Å². The first-order chi connectivity index (χ1) is 10.1. The lowest BCUT2D eigenvalue weighted by Gasteiger charge is -2.38. The molecule has 0 N–H and O–H groups in total. The zero-order chi connectivity index (χ0) is 15.0. The molecule has 1 atom stereocenters.